The lowest BCUT2D eigenvalue weighted by atomic mass is 10.1. The predicted molar refractivity (Wildman–Crippen MR) is 114 cm³/mol. The van der Waals surface area contributed by atoms with Crippen molar-refractivity contribution in [3.05, 3.63) is 64.7 Å². The van der Waals surface area contributed by atoms with Crippen LogP contribution in [-0.4, -0.2) is 12.5 Å². The Labute approximate surface area is 167 Å². The lowest BCUT2D eigenvalue weighted by Crippen LogP contribution is -2.14. The van der Waals surface area contributed by atoms with E-state index in [0.29, 0.717) is 6.61 Å². The van der Waals surface area contributed by atoms with Crippen molar-refractivity contribution in [3.63, 3.8) is 0 Å². The number of anilines is 1. The summed E-state index contributed by atoms with van der Waals surface area (Å²) < 4.78 is 5.72. The number of nitrogens with zero attached hydrogens (tertiary/aromatic N) is 1. The van der Waals surface area contributed by atoms with Crippen molar-refractivity contribution in [1.82, 2.24) is 0 Å². The molecule has 0 heterocycles. The molecule has 1 amide bonds. The zero-order chi connectivity index (χ0) is 20.4. The summed E-state index contributed by atoms with van der Waals surface area (Å²) >= 11 is 0. The minimum Gasteiger partial charge on any atom is -0.494 e. The van der Waals surface area contributed by atoms with E-state index in [4.69, 9.17) is 4.74 Å². The van der Waals surface area contributed by atoms with Gasteiger partial charge in [0.25, 0.3) is 5.91 Å². The Kier molecular flexibility index (Phi) is 8.30. The van der Waals surface area contributed by atoms with Crippen LogP contribution in [0.1, 0.15) is 49.3 Å². The van der Waals surface area contributed by atoms with Crippen molar-refractivity contribution >= 4 is 17.7 Å². The van der Waals surface area contributed by atoms with Gasteiger partial charge >= 0.3 is 0 Å². The average Bonchev–Trinajstić information content (AvgIpc) is 2.70. The van der Waals surface area contributed by atoms with Gasteiger partial charge in [0.05, 0.1) is 6.61 Å². The third kappa shape index (κ3) is 6.28. The molecule has 146 valence electrons. The largest absolute Gasteiger partial charge is 0.494 e. The molecule has 0 fully saturated rings. The number of nitriles is 1. The van der Waals surface area contributed by atoms with Crippen LogP contribution in [0.15, 0.2) is 48.0 Å². The highest BCUT2D eigenvalue weighted by atomic mass is 16.5. The molecule has 0 spiro atoms. The highest BCUT2D eigenvalue weighted by Gasteiger charge is 2.11. The Hall–Kier alpha value is -3.06. The smallest absolute Gasteiger partial charge is 0.266 e. The van der Waals surface area contributed by atoms with Gasteiger partial charge in [-0.3, -0.25) is 4.79 Å². The van der Waals surface area contributed by atoms with Crippen LogP contribution in [-0.2, 0) is 4.79 Å². The van der Waals surface area contributed by atoms with Crippen molar-refractivity contribution in [1.29, 1.82) is 5.26 Å². The van der Waals surface area contributed by atoms with Gasteiger partial charge in [-0.1, -0.05) is 50.5 Å². The number of carbonyl (C=O) groups is 1. The number of hydrogen-bond donors (Lipinski definition) is 1. The van der Waals surface area contributed by atoms with Gasteiger partial charge in [-0.25, -0.2) is 0 Å². The number of carbonyl (C=O) groups excluding carboxylic acids is 1. The summed E-state index contributed by atoms with van der Waals surface area (Å²) in [6.07, 6.45) is 6.25. The van der Waals surface area contributed by atoms with Crippen LogP contribution in [0.2, 0.25) is 0 Å². The van der Waals surface area contributed by atoms with E-state index in [1.54, 1.807) is 6.08 Å². The average molecular weight is 377 g/mol. The maximum atomic E-state index is 12.5. The van der Waals surface area contributed by atoms with Crippen molar-refractivity contribution in [2.24, 2.45) is 0 Å². The van der Waals surface area contributed by atoms with Crippen molar-refractivity contribution in [2.75, 3.05) is 11.9 Å². The van der Waals surface area contributed by atoms with E-state index in [-0.39, 0.29) is 5.57 Å². The Bertz CT molecular complexity index is 861. The molecule has 0 radical (unpaired) electrons. The molecule has 0 aliphatic rings. The molecular formula is C24H28N2O2. The summed E-state index contributed by atoms with van der Waals surface area (Å²) in [4.78, 5) is 12.5. The summed E-state index contributed by atoms with van der Waals surface area (Å²) in [5.41, 5.74) is 3.65. The number of ether oxygens (including phenoxy) is 1. The molecule has 2 rings (SSSR count). The molecule has 0 aliphatic carbocycles. The third-order valence-electron chi connectivity index (χ3n) is 4.68. The normalized spacial score (nSPS) is 11.0. The van der Waals surface area contributed by atoms with Gasteiger partial charge < -0.3 is 10.1 Å². The lowest BCUT2D eigenvalue weighted by molar-refractivity contribution is -0.112. The van der Waals surface area contributed by atoms with Gasteiger partial charge in [0, 0.05) is 5.69 Å². The summed E-state index contributed by atoms with van der Waals surface area (Å²) in [6, 6.07) is 15.1. The summed E-state index contributed by atoms with van der Waals surface area (Å²) in [6.45, 7) is 6.82. The Morgan fingerprint density at radius 1 is 1.11 bits per heavy atom. The fourth-order valence-corrected chi connectivity index (χ4v) is 2.77. The molecule has 0 unspecified atom stereocenters. The van der Waals surface area contributed by atoms with Gasteiger partial charge in [-0.2, -0.15) is 5.26 Å². The standard InChI is InChI=1S/C24H28N2O2/c1-4-5-6-7-15-28-22-13-11-20(12-14-22)16-21(17-25)24(27)26-23-10-8-9-18(2)19(23)3/h8-14,16H,4-7,15H2,1-3H3,(H,26,27). The second kappa shape index (κ2) is 10.9. The minimum absolute atomic E-state index is 0.0640. The molecule has 0 saturated heterocycles. The van der Waals surface area contributed by atoms with Crippen molar-refractivity contribution in [3.8, 4) is 11.8 Å². The van der Waals surface area contributed by atoms with Gasteiger partial charge in [0.1, 0.15) is 17.4 Å². The zero-order valence-corrected chi connectivity index (χ0v) is 16.9. The fraction of sp³-hybridized carbons (Fsp3) is 0.333. The maximum absolute atomic E-state index is 12.5. The topological polar surface area (TPSA) is 62.1 Å². The molecule has 4 nitrogen and oxygen atoms in total. The van der Waals surface area contributed by atoms with Crippen molar-refractivity contribution in [2.45, 2.75) is 46.5 Å². The Morgan fingerprint density at radius 2 is 1.86 bits per heavy atom. The SMILES string of the molecule is CCCCCCOc1ccc(C=C(C#N)C(=O)Nc2cccc(C)c2C)cc1. The van der Waals surface area contributed by atoms with Crippen molar-refractivity contribution < 1.29 is 9.53 Å². The summed E-state index contributed by atoms with van der Waals surface area (Å²) in [7, 11) is 0. The molecule has 1 N–H and O–H groups in total. The quantitative estimate of drug-likeness (QED) is 0.341. The Balaban J connectivity index is 2.00. The van der Waals surface area contributed by atoms with Crippen LogP contribution in [0.25, 0.3) is 6.08 Å². The molecule has 2 aromatic carbocycles. The van der Waals surface area contributed by atoms with Crippen LogP contribution in [0.5, 0.6) is 5.75 Å². The van der Waals surface area contributed by atoms with E-state index in [0.717, 1.165) is 34.5 Å². The summed E-state index contributed by atoms with van der Waals surface area (Å²) in [5, 5.41) is 12.2. The molecule has 2 aromatic rings. The molecule has 0 bridgehead atoms. The number of unbranched alkanes of at least 4 members (excludes halogenated alkanes) is 3. The number of benzene rings is 2. The number of amides is 1. The second-order valence-corrected chi connectivity index (χ2v) is 6.85. The van der Waals surface area contributed by atoms with E-state index in [2.05, 4.69) is 12.2 Å². The molecule has 0 aromatic heterocycles. The van der Waals surface area contributed by atoms with Crippen LogP contribution >= 0.6 is 0 Å². The highest BCUT2D eigenvalue weighted by Crippen LogP contribution is 2.20. The van der Waals surface area contributed by atoms with Gasteiger partial charge in [0.2, 0.25) is 0 Å². The number of hydrogen-bond acceptors (Lipinski definition) is 3. The predicted octanol–water partition coefficient (Wildman–Crippen LogP) is 5.81. The second-order valence-electron chi connectivity index (χ2n) is 6.85. The minimum atomic E-state index is -0.410. The van der Waals surface area contributed by atoms with Gasteiger partial charge in [-0.05, 0) is 61.2 Å². The van der Waals surface area contributed by atoms with E-state index < -0.39 is 5.91 Å². The first-order chi connectivity index (χ1) is 13.5. The molecule has 0 saturated carbocycles. The fourth-order valence-electron chi connectivity index (χ4n) is 2.77. The van der Waals surface area contributed by atoms with E-state index >= 15 is 0 Å². The monoisotopic (exact) mass is 376 g/mol. The maximum Gasteiger partial charge on any atom is 0.266 e. The van der Waals surface area contributed by atoms with Gasteiger partial charge in [0.15, 0.2) is 0 Å². The van der Waals surface area contributed by atoms with Gasteiger partial charge in [-0.15, -0.1) is 0 Å². The number of rotatable bonds is 9. The van der Waals surface area contributed by atoms with E-state index in [9.17, 15) is 10.1 Å². The molecular weight excluding hydrogens is 348 g/mol. The third-order valence-corrected chi connectivity index (χ3v) is 4.68. The van der Waals surface area contributed by atoms with Crippen LogP contribution in [0.4, 0.5) is 5.69 Å². The number of aryl methyl sites for hydroxylation is 1. The zero-order valence-electron chi connectivity index (χ0n) is 16.9. The molecule has 0 aliphatic heterocycles. The van der Waals surface area contributed by atoms with Crippen LogP contribution in [0.3, 0.4) is 0 Å². The Morgan fingerprint density at radius 3 is 2.54 bits per heavy atom. The molecule has 0 atom stereocenters. The number of nitrogens with one attached hydrogen (secondary N) is 1. The highest BCUT2D eigenvalue weighted by molar-refractivity contribution is 6.10. The first-order valence-corrected chi connectivity index (χ1v) is 9.77. The first kappa shape index (κ1) is 21.2. The van der Waals surface area contributed by atoms with E-state index in [1.165, 1.54) is 19.3 Å². The summed E-state index contributed by atoms with van der Waals surface area (Å²) in [5.74, 6) is 0.388. The van der Waals surface area contributed by atoms with Crippen LogP contribution in [0, 0.1) is 25.2 Å². The lowest BCUT2D eigenvalue weighted by Gasteiger charge is -2.10. The molecule has 28 heavy (non-hydrogen) atoms. The van der Waals surface area contributed by atoms with Crippen LogP contribution < -0.4 is 10.1 Å². The molecule has 4 heteroatoms. The van der Waals surface area contributed by atoms with E-state index in [1.807, 2.05) is 62.4 Å². The first-order valence-electron chi connectivity index (χ1n) is 9.77.